The maximum Gasteiger partial charge on any atom is 0.410 e. The van der Waals surface area contributed by atoms with Crippen LogP contribution in [0.5, 0.6) is 0 Å². The lowest BCUT2D eigenvalue weighted by Gasteiger charge is -2.48. The van der Waals surface area contributed by atoms with E-state index in [1.807, 2.05) is 27.7 Å². The molecule has 0 aromatic carbocycles. The van der Waals surface area contributed by atoms with Gasteiger partial charge in [0.25, 0.3) is 0 Å². The molecule has 2 N–H and O–H groups in total. The summed E-state index contributed by atoms with van der Waals surface area (Å²) in [4.78, 5) is 13.6. The summed E-state index contributed by atoms with van der Waals surface area (Å²) in [6.45, 7) is 8.39. The smallest absolute Gasteiger partial charge is 0.410 e. The van der Waals surface area contributed by atoms with E-state index in [2.05, 4.69) is 6.07 Å². The van der Waals surface area contributed by atoms with E-state index in [0.717, 1.165) is 5.56 Å². The van der Waals surface area contributed by atoms with E-state index >= 15 is 0 Å². The third-order valence-corrected chi connectivity index (χ3v) is 4.57. The Balaban J connectivity index is 2.16. The first kappa shape index (κ1) is 15.9. The Morgan fingerprint density at radius 2 is 2.10 bits per heavy atom. The molecule has 7 heteroatoms. The summed E-state index contributed by atoms with van der Waals surface area (Å²) in [5, 5.41) is 9.66. The van der Waals surface area contributed by atoms with Gasteiger partial charge in [0.15, 0.2) is 0 Å². The molecule has 0 saturated carbocycles. The monoisotopic (exact) mass is 327 g/mol. The number of thiophene rings is 1. The standard InChI is InChI=1S/C14H18ClN3O2S/c1-13(2,3)20-12(19)18-6-14(4,7-18)9-8(5-16)11(17)21-10(9)15/h6-7,17H2,1-4H3. The Morgan fingerprint density at radius 3 is 2.57 bits per heavy atom. The zero-order valence-corrected chi connectivity index (χ0v) is 14.1. The number of anilines is 1. The van der Waals surface area contributed by atoms with Crippen molar-refractivity contribution < 1.29 is 9.53 Å². The summed E-state index contributed by atoms with van der Waals surface area (Å²) in [6, 6.07) is 2.11. The van der Waals surface area contributed by atoms with Crippen LogP contribution in [-0.2, 0) is 10.2 Å². The molecule has 1 aromatic rings. The van der Waals surface area contributed by atoms with Crippen LogP contribution in [0.1, 0.15) is 38.8 Å². The molecule has 1 saturated heterocycles. The largest absolute Gasteiger partial charge is 0.444 e. The third-order valence-electron chi connectivity index (χ3n) is 3.34. The van der Waals surface area contributed by atoms with E-state index in [1.165, 1.54) is 11.3 Å². The molecule has 1 aliphatic heterocycles. The number of hydrogen-bond donors (Lipinski definition) is 1. The molecule has 1 aliphatic rings. The molecule has 21 heavy (non-hydrogen) atoms. The molecule has 2 heterocycles. The van der Waals surface area contributed by atoms with Crippen LogP contribution in [0.15, 0.2) is 0 Å². The third kappa shape index (κ3) is 2.94. The molecule has 0 aliphatic carbocycles. The van der Waals surface area contributed by atoms with Crippen LogP contribution in [0.25, 0.3) is 0 Å². The van der Waals surface area contributed by atoms with Crippen molar-refractivity contribution in [3.8, 4) is 6.07 Å². The van der Waals surface area contributed by atoms with Gasteiger partial charge >= 0.3 is 6.09 Å². The second-order valence-electron chi connectivity index (χ2n) is 6.50. The second-order valence-corrected chi connectivity index (χ2v) is 8.15. The van der Waals surface area contributed by atoms with Crippen molar-refractivity contribution in [1.82, 2.24) is 4.90 Å². The first-order valence-electron chi connectivity index (χ1n) is 6.54. The van der Waals surface area contributed by atoms with Gasteiger partial charge in [-0.1, -0.05) is 18.5 Å². The maximum atomic E-state index is 12.0. The van der Waals surface area contributed by atoms with Crippen molar-refractivity contribution in [3.05, 3.63) is 15.5 Å². The van der Waals surface area contributed by atoms with Gasteiger partial charge in [-0.15, -0.1) is 11.3 Å². The molecule has 0 spiro atoms. The minimum Gasteiger partial charge on any atom is -0.444 e. The van der Waals surface area contributed by atoms with Gasteiger partial charge in [-0.2, -0.15) is 5.26 Å². The van der Waals surface area contributed by atoms with E-state index < -0.39 is 5.60 Å². The highest BCUT2D eigenvalue weighted by Gasteiger charge is 2.47. The number of halogens is 1. The van der Waals surface area contributed by atoms with Crippen LogP contribution < -0.4 is 5.73 Å². The Bertz CT molecular complexity index is 621. The number of nitrogens with zero attached hydrogens (tertiary/aromatic N) is 2. The molecular weight excluding hydrogens is 310 g/mol. The Labute approximate surface area is 133 Å². The number of amides is 1. The van der Waals surface area contributed by atoms with Crippen molar-refractivity contribution in [3.63, 3.8) is 0 Å². The lowest BCUT2D eigenvalue weighted by Crippen LogP contribution is -2.60. The van der Waals surface area contributed by atoms with Gasteiger partial charge in [-0.3, -0.25) is 0 Å². The average molecular weight is 328 g/mol. The topological polar surface area (TPSA) is 79.3 Å². The number of nitrogens with two attached hydrogens (primary N) is 1. The summed E-state index contributed by atoms with van der Waals surface area (Å²) in [7, 11) is 0. The fourth-order valence-corrected chi connectivity index (χ4v) is 3.95. The van der Waals surface area contributed by atoms with E-state index in [0.29, 0.717) is 28.0 Å². The van der Waals surface area contributed by atoms with Gasteiger partial charge in [0.1, 0.15) is 21.0 Å². The molecule has 0 radical (unpaired) electrons. The normalized spacial score (nSPS) is 17.0. The lowest BCUT2D eigenvalue weighted by molar-refractivity contribution is -0.00646. The highest BCUT2D eigenvalue weighted by Crippen LogP contribution is 2.46. The fourth-order valence-electron chi connectivity index (χ4n) is 2.48. The molecule has 0 bridgehead atoms. The minimum absolute atomic E-state index is 0.349. The number of likely N-dealkylation sites (tertiary alicyclic amines) is 1. The van der Waals surface area contributed by atoms with E-state index in [-0.39, 0.29) is 11.5 Å². The zero-order valence-electron chi connectivity index (χ0n) is 12.5. The Morgan fingerprint density at radius 1 is 1.52 bits per heavy atom. The van der Waals surface area contributed by atoms with Gasteiger partial charge in [-0.05, 0) is 20.8 Å². The number of rotatable bonds is 1. The first-order valence-corrected chi connectivity index (χ1v) is 7.73. The molecule has 1 fully saturated rings. The van der Waals surface area contributed by atoms with Gasteiger partial charge in [0, 0.05) is 24.1 Å². The quantitative estimate of drug-likeness (QED) is 0.857. The van der Waals surface area contributed by atoms with Crippen LogP contribution in [-0.4, -0.2) is 29.7 Å². The van der Waals surface area contributed by atoms with Crippen molar-refractivity contribution >= 4 is 34.0 Å². The van der Waals surface area contributed by atoms with Crippen molar-refractivity contribution in [2.75, 3.05) is 18.8 Å². The molecule has 1 aromatic heterocycles. The van der Waals surface area contributed by atoms with Crippen LogP contribution in [0.2, 0.25) is 4.34 Å². The predicted molar refractivity (Wildman–Crippen MR) is 83.6 cm³/mol. The number of carbonyl (C=O) groups excluding carboxylic acids is 1. The highest BCUT2D eigenvalue weighted by molar-refractivity contribution is 7.20. The van der Waals surface area contributed by atoms with Crippen molar-refractivity contribution in [2.24, 2.45) is 0 Å². The zero-order chi connectivity index (χ0) is 16.0. The molecule has 2 rings (SSSR count). The molecular formula is C14H18ClN3O2S. The van der Waals surface area contributed by atoms with Gasteiger partial charge in [0.2, 0.25) is 0 Å². The summed E-state index contributed by atoms with van der Waals surface area (Å²) < 4.78 is 5.85. The molecule has 0 unspecified atom stereocenters. The highest BCUT2D eigenvalue weighted by atomic mass is 35.5. The lowest BCUT2D eigenvalue weighted by atomic mass is 9.75. The SMILES string of the molecule is CC(C)(C)OC(=O)N1CC(C)(c2c(Cl)sc(N)c2C#N)C1. The summed E-state index contributed by atoms with van der Waals surface area (Å²) in [5.41, 5.74) is 6.11. The number of ether oxygens (including phenoxy) is 1. The van der Waals surface area contributed by atoms with Gasteiger partial charge in [-0.25, -0.2) is 4.79 Å². The molecule has 5 nitrogen and oxygen atoms in total. The first-order chi connectivity index (χ1) is 9.57. The van der Waals surface area contributed by atoms with Crippen molar-refractivity contribution in [1.29, 1.82) is 5.26 Å². The van der Waals surface area contributed by atoms with Gasteiger partial charge in [0.05, 0.1) is 5.56 Å². The number of hydrogen-bond acceptors (Lipinski definition) is 5. The summed E-state index contributed by atoms with van der Waals surface area (Å²) >= 11 is 7.41. The second kappa shape index (κ2) is 5.08. The van der Waals surface area contributed by atoms with Crippen LogP contribution in [0.3, 0.4) is 0 Å². The number of nitriles is 1. The Hall–Kier alpha value is -1.45. The molecule has 0 atom stereocenters. The Kier molecular flexibility index (Phi) is 3.85. The maximum absolute atomic E-state index is 12.0. The number of nitrogen functional groups attached to an aromatic ring is 1. The van der Waals surface area contributed by atoms with Crippen LogP contribution >= 0.6 is 22.9 Å². The van der Waals surface area contributed by atoms with E-state index in [9.17, 15) is 10.1 Å². The fraction of sp³-hybridized carbons (Fsp3) is 0.571. The summed E-state index contributed by atoms with van der Waals surface area (Å²) in [5.74, 6) is 0. The predicted octanol–water partition coefficient (Wildman–Crippen LogP) is 3.36. The summed E-state index contributed by atoms with van der Waals surface area (Å²) in [6.07, 6.45) is -0.349. The van der Waals surface area contributed by atoms with E-state index in [4.69, 9.17) is 22.1 Å². The average Bonchev–Trinajstić information content (AvgIpc) is 2.57. The van der Waals surface area contributed by atoms with Crippen LogP contribution in [0.4, 0.5) is 9.80 Å². The minimum atomic E-state index is -0.522. The number of carbonyl (C=O) groups is 1. The van der Waals surface area contributed by atoms with Crippen LogP contribution in [0, 0.1) is 11.3 Å². The van der Waals surface area contributed by atoms with E-state index in [1.54, 1.807) is 4.90 Å². The molecule has 1 amide bonds. The van der Waals surface area contributed by atoms with Crippen molar-refractivity contribution in [2.45, 2.75) is 38.7 Å². The molecule has 114 valence electrons. The van der Waals surface area contributed by atoms with Gasteiger partial charge < -0.3 is 15.4 Å².